The van der Waals surface area contributed by atoms with Crippen LogP contribution in [0.2, 0.25) is 0 Å². The van der Waals surface area contributed by atoms with Crippen molar-refractivity contribution in [3.05, 3.63) is 106 Å². The molecule has 0 N–H and O–H groups in total. The summed E-state index contributed by atoms with van der Waals surface area (Å²) in [6.45, 7) is 0. The van der Waals surface area contributed by atoms with Crippen molar-refractivity contribution < 1.29 is 118 Å². The van der Waals surface area contributed by atoms with E-state index in [1.807, 2.05) is 0 Å². The van der Waals surface area contributed by atoms with Crippen LogP contribution in [0.25, 0.3) is 0 Å². The van der Waals surface area contributed by atoms with E-state index in [4.69, 9.17) is 25.9 Å². The minimum Gasteiger partial charge on any atom is -0.741 e. The Bertz CT molecular complexity index is 1620. The van der Waals surface area contributed by atoms with Gasteiger partial charge in [0.2, 0.25) is 35.0 Å². The minimum atomic E-state index is -6.09. The third-order valence-corrected chi connectivity index (χ3v) is 4.67. The van der Waals surface area contributed by atoms with Gasteiger partial charge in [-0.2, -0.15) is 65.9 Å². The second-order valence-corrected chi connectivity index (χ2v) is 9.63. The molecule has 3 aliphatic rings. The van der Waals surface area contributed by atoms with E-state index >= 15 is 0 Å². The zero-order valence-electron chi connectivity index (χ0n) is 21.7. The van der Waals surface area contributed by atoms with Gasteiger partial charge in [0.25, 0.3) is 18.5 Å². The Hall–Kier alpha value is -2.99. The van der Waals surface area contributed by atoms with E-state index in [0.29, 0.717) is 0 Å². The van der Waals surface area contributed by atoms with Gasteiger partial charge in [-0.25, -0.2) is 43.2 Å². The average Bonchev–Trinajstić information content (AvgIpc) is 2.94. The first kappa shape index (κ1) is 51.4. The number of hydrogen-bond donors (Lipinski definition) is 0. The quantitative estimate of drug-likeness (QED) is 0.0791. The molecule has 0 heterocycles. The smallest absolute Gasteiger partial charge is 0.741 e. The first-order valence-electron chi connectivity index (χ1n) is 9.88. The van der Waals surface area contributed by atoms with E-state index in [2.05, 4.69) is 0 Å². The molecular weight excluding hydrogens is 1010 g/mol. The molecule has 0 unspecified atom stereocenters. The predicted octanol–water partition coefficient (Wildman–Crippen LogP) is 8.60. The summed E-state index contributed by atoms with van der Waals surface area (Å²) < 4.78 is 297. The molecule has 30 heteroatoms. The maximum atomic E-state index is 12.0. The minimum absolute atomic E-state index is 0. The molecule has 0 aromatic rings. The maximum absolute atomic E-state index is 12.0. The van der Waals surface area contributed by atoms with Crippen LogP contribution in [-0.4, -0.2) is 63.2 Å². The van der Waals surface area contributed by atoms with E-state index in [9.17, 15) is 92.2 Å². The van der Waals surface area contributed by atoms with E-state index in [0.717, 1.165) is 17.2 Å². The monoisotopic (exact) mass is 1010 g/mol. The first-order chi connectivity index (χ1) is 21.6. The fourth-order valence-electron chi connectivity index (χ4n) is 1.49. The molecule has 6 nitrogen and oxygen atoms in total. The zero-order valence-corrected chi connectivity index (χ0v) is 26.8. The Morgan fingerprint density at radius 2 is 0.500 bits per heavy atom. The van der Waals surface area contributed by atoms with Gasteiger partial charge in [0.05, 0.1) is 0 Å². The summed E-state index contributed by atoms with van der Waals surface area (Å²) in [5, 5.41) is 0. The molecule has 280 valence electrons. The molecule has 0 fully saturated rings. The van der Waals surface area contributed by atoms with Crippen LogP contribution in [0.5, 0.6) is 0 Å². The molecule has 3 aliphatic carbocycles. The van der Waals surface area contributed by atoms with Gasteiger partial charge in [-0.05, 0) is 17.2 Å². The van der Waals surface area contributed by atoms with Crippen LogP contribution in [-0.2, 0) is 20.2 Å². The van der Waals surface area contributed by atoms with Gasteiger partial charge in [-0.15, -0.1) is 0 Å². The molecule has 0 aliphatic heterocycles. The van der Waals surface area contributed by atoms with Crippen LogP contribution in [0.15, 0.2) is 87.1 Å². The van der Waals surface area contributed by atoms with E-state index < -0.39 is 120 Å². The Morgan fingerprint density at radius 1 is 0.360 bits per heavy atom. The van der Waals surface area contributed by atoms with Gasteiger partial charge in [0.1, 0.15) is 0 Å². The normalized spacial score (nSPS) is 17.7. The number of alkyl halides is 6. The van der Waals surface area contributed by atoms with Gasteiger partial charge in [-0.1, -0.05) is 0 Å². The van der Waals surface area contributed by atoms with Crippen molar-refractivity contribution in [2.24, 2.45) is 0 Å². The molecule has 0 aromatic heterocycles. The Kier molecular flexibility index (Phi) is 20.1. The largest absolute Gasteiger partial charge is 2.00 e. The van der Waals surface area contributed by atoms with E-state index in [1.165, 1.54) is 0 Å². The van der Waals surface area contributed by atoms with Crippen molar-refractivity contribution in [1.29, 1.82) is 0 Å². The van der Waals surface area contributed by atoms with Crippen LogP contribution in [0.1, 0.15) is 0 Å². The molecule has 0 atom stereocenters. The second-order valence-electron chi connectivity index (χ2n) is 6.88. The molecular formula is C20BiF21O6S2. The topological polar surface area (TPSA) is 114 Å². The summed E-state index contributed by atoms with van der Waals surface area (Å²) >= 11 is 0. The molecule has 0 amide bonds. The fourth-order valence-corrected chi connectivity index (χ4v) is 1.49. The van der Waals surface area contributed by atoms with Crippen LogP contribution in [0.3, 0.4) is 0 Å². The van der Waals surface area contributed by atoms with E-state index in [-0.39, 0.29) is 26.2 Å². The molecule has 0 aromatic carbocycles. The van der Waals surface area contributed by atoms with Crippen LogP contribution in [0.4, 0.5) is 92.2 Å². The van der Waals surface area contributed by atoms with Crippen LogP contribution in [0, 0.1) is 18.5 Å². The van der Waals surface area contributed by atoms with Gasteiger partial charge in [0, 0.05) is 0 Å². The number of rotatable bonds is 0. The van der Waals surface area contributed by atoms with Gasteiger partial charge < -0.3 is 9.11 Å². The molecule has 50 heavy (non-hydrogen) atoms. The van der Waals surface area contributed by atoms with E-state index in [1.54, 1.807) is 0 Å². The second kappa shape index (κ2) is 19.6. The Morgan fingerprint density at radius 3 is 0.620 bits per heavy atom. The van der Waals surface area contributed by atoms with Crippen molar-refractivity contribution in [2.75, 3.05) is 0 Å². The third kappa shape index (κ3) is 15.5. The molecule has 6 radical (unpaired) electrons. The fraction of sp³-hybridized carbons (Fsp3) is 0.100. The summed E-state index contributed by atoms with van der Waals surface area (Å²) in [5.74, 6) is -23.9. The summed E-state index contributed by atoms with van der Waals surface area (Å²) in [5.41, 5.74) is -8.22. The Labute approximate surface area is 280 Å². The van der Waals surface area contributed by atoms with Gasteiger partial charge >= 0.3 is 37.2 Å². The van der Waals surface area contributed by atoms with Crippen molar-refractivity contribution in [3.8, 4) is 0 Å². The molecule has 0 spiro atoms. The molecule has 3 rings (SSSR count). The molecule has 0 saturated heterocycles. The van der Waals surface area contributed by atoms with Gasteiger partial charge in [-0.3, -0.25) is 0 Å². The standard InChI is InChI=1S/3C6F5.2CHF3O3S.Bi/c3*7-2-1-3(8)5(10)6(11)4(2)9;2*2-1(3,4)8(5,6)7;/h;;;2*(H,5,6,7);/q;;;;;+2/p-2. The molecule has 0 bridgehead atoms. The average molecular weight is 1010 g/mol. The maximum Gasteiger partial charge on any atom is 2.00 e. The number of hydrogen-bond acceptors (Lipinski definition) is 6. The van der Waals surface area contributed by atoms with Gasteiger partial charge in [0.15, 0.2) is 55.2 Å². The third-order valence-electron chi connectivity index (χ3n) is 3.54. The summed E-state index contributed by atoms with van der Waals surface area (Å²) in [6.07, 6.45) is -6.20. The van der Waals surface area contributed by atoms with Crippen LogP contribution >= 0.6 is 0 Å². The Balaban J connectivity index is -0.000000554. The predicted molar refractivity (Wildman–Crippen MR) is 116 cm³/mol. The summed E-state index contributed by atoms with van der Waals surface area (Å²) in [7, 11) is -12.2. The first-order valence-corrected chi connectivity index (χ1v) is 12.7. The summed E-state index contributed by atoms with van der Waals surface area (Å²) in [6, 6.07) is 0. The van der Waals surface area contributed by atoms with Crippen molar-refractivity contribution in [3.63, 3.8) is 0 Å². The zero-order chi connectivity index (χ0) is 39.8. The van der Waals surface area contributed by atoms with Crippen LogP contribution < -0.4 is 0 Å². The van der Waals surface area contributed by atoms with Crippen molar-refractivity contribution in [1.82, 2.24) is 0 Å². The van der Waals surface area contributed by atoms with Crippen molar-refractivity contribution >= 4 is 46.4 Å². The SMILES string of the molecule is F[C]1C(F)=C=C(F)C(F)=C1F.F[C]1C(F)=C=C(F)C(F)=C1F.F[C]1C(F)=C=C(F)C(F)=C1F.O=S(=O)([O-])C(F)(F)F.O=S(=O)([O-])C(F)(F)F.[Bi+2]. The molecule has 0 saturated carbocycles. The summed E-state index contributed by atoms with van der Waals surface area (Å²) in [4.78, 5) is 0. The van der Waals surface area contributed by atoms with Crippen molar-refractivity contribution in [2.45, 2.75) is 11.0 Å². The number of halogens is 21. The number of allylic oxidation sites excluding steroid dienone is 9.